The highest BCUT2D eigenvalue weighted by Gasteiger charge is 2.39. The van der Waals surface area contributed by atoms with Crippen molar-refractivity contribution in [2.45, 2.75) is 37.2 Å². The Labute approximate surface area is 187 Å². The second-order valence-electron chi connectivity index (χ2n) is 6.95. The summed E-state index contributed by atoms with van der Waals surface area (Å²) in [6, 6.07) is 6.96. The van der Waals surface area contributed by atoms with Gasteiger partial charge in [0.15, 0.2) is 5.06 Å². The molecular weight excluding hydrogens is 457 g/mol. The van der Waals surface area contributed by atoms with Gasteiger partial charge in [0.2, 0.25) is 0 Å². The lowest BCUT2D eigenvalue weighted by molar-refractivity contribution is 0.140. The molecule has 2 N–H and O–H groups in total. The fourth-order valence-electron chi connectivity index (χ4n) is 3.68. The van der Waals surface area contributed by atoms with Gasteiger partial charge in [0.1, 0.15) is 10.3 Å². The van der Waals surface area contributed by atoms with Gasteiger partial charge < -0.3 is 14.9 Å². The van der Waals surface area contributed by atoms with Crippen LogP contribution < -0.4 is 4.74 Å². The summed E-state index contributed by atoms with van der Waals surface area (Å²) in [6.07, 6.45) is 5.15. The third-order valence-corrected chi connectivity index (χ3v) is 6.86. The molecule has 0 bridgehead atoms. The summed E-state index contributed by atoms with van der Waals surface area (Å²) < 4.78 is 4.66. The zero-order chi connectivity index (χ0) is 21.0. The highest BCUT2D eigenvalue weighted by Crippen LogP contribution is 2.40. The molecule has 2 aromatic heterocycles. The van der Waals surface area contributed by atoms with Crippen molar-refractivity contribution in [1.29, 1.82) is 0 Å². The number of halogens is 3. The van der Waals surface area contributed by atoms with E-state index in [1.807, 2.05) is 18.2 Å². The maximum absolute atomic E-state index is 10.6. The van der Waals surface area contributed by atoms with Crippen LogP contribution in [-0.4, -0.2) is 32.8 Å². The number of aryl methyl sites for hydroxylation is 1. The molecule has 0 saturated heterocycles. The molecule has 5 nitrogen and oxygen atoms in total. The lowest BCUT2D eigenvalue weighted by Crippen LogP contribution is -2.18. The van der Waals surface area contributed by atoms with Crippen molar-refractivity contribution in [2.75, 3.05) is 0 Å². The Morgan fingerprint density at radius 2 is 2.03 bits per heavy atom. The fraction of sp³-hybridized carbons (Fsp3) is 0.400. The summed E-state index contributed by atoms with van der Waals surface area (Å²) in [7, 11) is 0. The topological polar surface area (TPSA) is 79.7 Å². The predicted octanol–water partition coefficient (Wildman–Crippen LogP) is 6.15. The van der Waals surface area contributed by atoms with Gasteiger partial charge in [-0.15, -0.1) is 22.9 Å². The minimum atomic E-state index is -1.31. The molecule has 3 rings (SSSR count). The largest absolute Gasteiger partial charge is 0.512 e. The van der Waals surface area contributed by atoms with E-state index in [-0.39, 0.29) is 17.2 Å². The van der Waals surface area contributed by atoms with Crippen LogP contribution in [0.2, 0.25) is 10.3 Å². The van der Waals surface area contributed by atoms with Gasteiger partial charge in [-0.2, -0.15) is 0 Å². The van der Waals surface area contributed by atoms with Crippen LogP contribution >= 0.6 is 46.1 Å². The van der Waals surface area contributed by atoms with Gasteiger partial charge in [0.05, 0.1) is 6.10 Å². The van der Waals surface area contributed by atoms with Gasteiger partial charge in [0.25, 0.3) is 0 Å². The first-order chi connectivity index (χ1) is 13.8. The Hall–Kier alpha value is -1.31. The van der Waals surface area contributed by atoms with Crippen LogP contribution in [0.15, 0.2) is 30.3 Å². The molecule has 9 heteroatoms. The normalized spacial score (nSPS) is 24.3. The van der Waals surface area contributed by atoms with Crippen LogP contribution in [0, 0.1) is 11.8 Å². The van der Waals surface area contributed by atoms with E-state index in [0.717, 1.165) is 29.7 Å². The molecule has 0 aromatic carbocycles. The Balaban J connectivity index is 1.60. The van der Waals surface area contributed by atoms with Crippen molar-refractivity contribution >= 4 is 58.4 Å². The van der Waals surface area contributed by atoms with Crippen LogP contribution in [0.5, 0.6) is 5.06 Å². The van der Waals surface area contributed by atoms with Crippen molar-refractivity contribution in [3.63, 3.8) is 0 Å². The number of carboxylic acid groups (broad SMARTS) is 1. The molecule has 0 spiro atoms. The number of hydrogen-bond acceptors (Lipinski definition) is 5. The number of pyridine rings is 1. The quantitative estimate of drug-likeness (QED) is 0.285. The van der Waals surface area contributed by atoms with Crippen LogP contribution in [0.25, 0.3) is 6.08 Å². The molecule has 1 fully saturated rings. The zero-order valence-corrected chi connectivity index (χ0v) is 18.4. The summed E-state index contributed by atoms with van der Waals surface area (Å²) in [5.41, 5.74) is 0.823. The molecule has 0 aliphatic heterocycles. The monoisotopic (exact) mass is 475 g/mol. The molecule has 0 amide bonds. The molecule has 1 aliphatic carbocycles. The number of carbonyl (C=O) groups is 1. The van der Waals surface area contributed by atoms with E-state index in [1.165, 1.54) is 11.3 Å². The number of aliphatic hydroxyl groups is 1. The number of ether oxygens (including phenoxy) is 1. The summed E-state index contributed by atoms with van der Waals surface area (Å²) in [6.45, 7) is 0. The molecule has 2 aromatic rings. The Morgan fingerprint density at radius 3 is 2.72 bits per heavy atom. The number of hydrogen-bond donors (Lipinski definition) is 2. The maximum atomic E-state index is 10.6. The summed E-state index contributed by atoms with van der Waals surface area (Å²) in [5.74, 6) is 0.0860. The summed E-state index contributed by atoms with van der Waals surface area (Å²) >= 11 is 19.7. The number of aliphatic hydroxyl groups excluding tert-OH is 1. The highest BCUT2D eigenvalue weighted by molar-refractivity contribution is 7.13. The fourth-order valence-corrected chi connectivity index (χ4v) is 5.52. The number of thiophene rings is 1. The van der Waals surface area contributed by atoms with Gasteiger partial charge >= 0.3 is 6.16 Å². The second-order valence-corrected chi connectivity index (χ2v) is 9.41. The average molecular weight is 477 g/mol. The first-order valence-electron chi connectivity index (χ1n) is 9.14. The molecule has 1 saturated carbocycles. The first kappa shape index (κ1) is 22.4. The van der Waals surface area contributed by atoms with Crippen molar-refractivity contribution in [3.8, 4) is 5.06 Å². The van der Waals surface area contributed by atoms with Crippen molar-refractivity contribution in [1.82, 2.24) is 4.98 Å². The molecule has 0 radical (unpaired) electrons. The number of rotatable bonds is 7. The van der Waals surface area contributed by atoms with E-state index >= 15 is 0 Å². The molecule has 29 heavy (non-hydrogen) atoms. The maximum Gasteiger partial charge on any atom is 0.512 e. The van der Waals surface area contributed by atoms with E-state index in [0.29, 0.717) is 21.8 Å². The van der Waals surface area contributed by atoms with Gasteiger partial charge in [-0.3, -0.25) is 0 Å². The Bertz CT molecular complexity index is 868. The lowest BCUT2D eigenvalue weighted by Gasteiger charge is -2.20. The van der Waals surface area contributed by atoms with Crippen molar-refractivity contribution in [2.24, 2.45) is 11.8 Å². The third kappa shape index (κ3) is 6.33. The standard InChI is InChI=1S/C20H20Cl3NO4S/c21-15-10-16(25)14(6-4-11-8-17(22)24-18(23)9-11)13(15)3-1-2-12-5-7-19(29-12)28-20(26)27/h4-9,13-16,25H,1-3,10H2,(H,26,27)/b6-4-/t13-,14-,15-,16-/m1/s1. The predicted molar refractivity (Wildman–Crippen MR) is 116 cm³/mol. The van der Waals surface area contributed by atoms with Crippen LogP contribution in [0.4, 0.5) is 4.79 Å². The van der Waals surface area contributed by atoms with E-state index in [9.17, 15) is 9.90 Å². The molecule has 156 valence electrons. The van der Waals surface area contributed by atoms with Crippen LogP contribution in [0.1, 0.15) is 29.7 Å². The smallest absolute Gasteiger partial charge is 0.449 e. The van der Waals surface area contributed by atoms with Crippen LogP contribution in [-0.2, 0) is 6.42 Å². The SMILES string of the molecule is O=C(O)Oc1ccc(CCC[C@@H]2[C@@H](/C=C\c3cc(Cl)nc(Cl)c3)[C@H](O)C[C@H]2Cl)s1. The van der Waals surface area contributed by atoms with Gasteiger partial charge in [-0.1, -0.05) is 35.4 Å². The molecular formula is C20H20Cl3NO4S. The Morgan fingerprint density at radius 1 is 1.31 bits per heavy atom. The average Bonchev–Trinajstić information content (AvgIpc) is 3.16. The van der Waals surface area contributed by atoms with Gasteiger partial charge in [-0.05, 0) is 61.4 Å². The summed E-state index contributed by atoms with van der Waals surface area (Å²) in [5, 5.41) is 20.0. The first-order valence-corrected chi connectivity index (χ1v) is 11.2. The molecule has 4 atom stereocenters. The van der Waals surface area contributed by atoms with Crippen molar-refractivity contribution in [3.05, 3.63) is 51.1 Å². The molecule has 2 heterocycles. The highest BCUT2D eigenvalue weighted by atomic mass is 35.5. The summed E-state index contributed by atoms with van der Waals surface area (Å²) in [4.78, 5) is 15.6. The molecule has 0 unspecified atom stereocenters. The minimum absolute atomic E-state index is 0.0579. The lowest BCUT2D eigenvalue weighted by atomic mass is 9.89. The third-order valence-electron chi connectivity index (χ3n) is 4.95. The van der Waals surface area contributed by atoms with E-state index in [1.54, 1.807) is 18.2 Å². The van der Waals surface area contributed by atoms with Crippen molar-refractivity contribution < 1.29 is 19.7 Å². The van der Waals surface area contributed by atoms with Crippen LogP contribution in [0.3, 0.4) is 0 Å². The minimum Gasteiger partial charge on any atom is -0.449 e. The van der Waals surface area contributed by atoms with Gasteiger partial charge in [-0.25, -0.2) is 9.78 Å². The second kappa shape index (κ2) is 10.1. The Kier molecular flexibility index (Phi) is 7.82. The number of aromatic nitrogens is 1. The van der Waals surface area contributed by atoms with E-state index < -0.39 is 12.3 Å². The van der Waals surface area contributed by atoms with E-state index in [4.69, 9.17) is 39.9 Å². The number of nitrogens with zero attached hydrogens (tertiary/aromatic N) is 1. The zero-order valence-electron chi connectivity index (χ0n) is 15.3. The molecule has 1 aliphatic rings. The van der Waals surface area contributed by atoms with E-state index in [2.05, 4.69) is 9.72 Å². The van der Waals surface area contributed by atoms with Gasteiger partial charge in [0, 0.05) is 16.2 Å². The number of alkyl halides is 1.